The van der Waals surface area contributed by atoms with E-state index in [-0.39, 0.29) is 30.8 Å². The Morgan fingerprint density at radius 2 is 1.76 bits per heavy atom. The molecule has 1 heterocycles. The fourth-order valence-electron chi connectivity index (χ4n) is 4.27. The van der Waals surface area contributed by atoms with Gasteiger partial charge >= 0.3 is 6.03 Å². The summed E-state index contributed by atoms with van der Waals surface area (Å²) < 4.78 is 5.75. The topological polar surface area (TPSA) is 169 Å². The van der Waals surface area contributed by atoms with Crippen LogP contribution in [-0.4, -0.2) is 71.2 Å². The Hall–Kier alpha value is -3.51. The molecule has 2 aromatic carbocycles. The number of hydrogen-bond donors (Lipinski definition) is 6. The van der Waals surface area contributed by atoms with Gasteiger partial charge in [0.2, 0.25) is 0 Å². The summed E-state index contributed by atoms with van der Waals surface area (Å²) in [6, 6.07) is 12.0. The van der Waals surface area contributed by atoms with Crippen LogP contribution in [0.4, 0.5) is 10.5 Å². The van der Waals surface area contributed by atoms with Crippen molar-refractivity contribution in [2.75, 3.05) is 37.7 Å². The van der Waals surface area contributed by atoms with E-state index in [4.69, 9.17) is 14.6 Å². The molecule has 1 atom stereocenters. The highest BCUT2D eigenvalue weighted by Gasteiger charge is 2.29. The van der Waals surface area contributed by atoms with Gasteiger partial charge < -0.3 is 35.8 Å². The van der Waals surface area contributed by atoms with Gasteiger partial charge in [-0.25, -0.2) is 9.69 Å². The summed E-state index contributed by atoms with van der Waals surface area (Å²) in [4.78, 5) is 33.9. The van der Waals surface area contributed by atoms with Crippen molar-refractivity contribution in [3.8, 4) is 5.75 Å². The van der Waals surface area contributed by atoms with Crippen LogP contribution in [0.2, 0.25) is 0 Å². The van der Waals surface area contributed by atoms with E-state index < -0.39 is 12.1 Å². The highest BCUT2D eigenvalue weighted by molar-refractivity contribution is 6.19. The molecule has 0 radical (unpaired) electrons. The van der Waals surface area contributed by atoms with E-state index in [1.165, 1.54) is 11.0 Å². The lowest BCUT2D eigenvalue weighted by molar-refractivity contribution is -0.134. The molecule has 6 N–H and O–H groups in total. The van der Waals surface area contributed by atoms with Gasteiger partial charge in [0.25, 0.3) is 11.9 Å². The molecule has 41 heavy (non-hydrogen) atoms. The Labute approximate surface area is 241 Å². The third-order valence-electron chi connectivity index (χ3n) is 6.40. The Bertz CT molecular complexity index is 1090. The molecule has 0 aromatic heterocycles. The van der Waals surface area contributed by atoms with Gasteiger partial charge in [0, 0.05) is 32.2 Å². The van der Waals surface area contributed by atoms with E-state index in [9.17, 15) is 24.9 Å². The first-order chi connectivity index (χ1) is 19.7. The second-order valence-corrected chi connectivity index (χ2v) is 9.83. The summed E-state index contributed by atoms with van der Waals surface area (Å²) in [5, 5.41) is 42.3. The number of ether oxygens (including phenoxy) is 1. The van der Waals surface area contributed by atoms with Crippen LogP contribution in [0.15, 0.2) is 42.5 Å². The molecule has 11 nitrogen and oxygen atoms in total. The number of hydrogen-bond acceptors (Lipinski definition) is 8. The molecule has 1 saturated heterocycles. The van der Waals surface area contributed by atoms with E-state index in [1.807, 2.05) is 18.2 Å². The van der Waals surface area contributed by atoms with E-state index in [0.717, 1.165) is 77.2 Å². The van der Waals surface area contributed by atoms with Crippen molar-refractivity contribution >= 4 is 23.6 Å². The minimum absolute atomic E-state index is 0.0337. The fourth-order valence-corrected chi connectivity index (χ4v) is 4.27. The summed E-state index contributed by atoms with van der Waals surface area (Å²) in [6.07, 6.45) is 6.36. The van der Waals surface area contributed by atoms with Gasteiger partial charge in [0.15, 0.2) is 0 Å². The second kappa shape index (κ2) is 18.8. The van der Waals surface area contributed by atoms with Crippen molar-refractivity contribution in [1.82, 2.24) is 10.6 Å². The maximum atomic E-state index is 11.9. The van der Waals surface area contributed by atoms with Crippen LogP contribution in [-0.2, 0) is 27.4 Å². The van der Waals surface area contributed by atoms with Crippen LogP contribution in [0.3, 0.4) is 0 Å². The molecule has 3 amide bonds. The minimum atomic E-state index is -0.833. The molecular weight excluding hydrogens is 530 g/mol. The molecule has 0 saturated carbocycles. The lowest BCUT2D eigenvalue weighted by Gasteiger charge is -2.14. The third kappa shape index (κ3) is 12.7. The molecule has 1 aliphatic rings. The maximum Gasteiger partial charge on any atom is 0.329 e. The number of urea groups is 1. The van der Waals surface area contributed by atoms with Crippen LogP contribution < -0.4 is 15.5 Å². The third-order valence-corrected chi connectivity index (χ3v) is 6.40. The number of rotatable bonds is 17. The molecule has 0 bridgehead atoms. The highest BCUT2D eigenvalue weighted by Crippen LogP contribution is 2.22. The number of unbranched alkanes of at least 4 members (excludes halogenated alkanes) is 4. The lowest BCUT2D eigenvalue weighted by atomic mass is 10.1. The summed E-state index contributed by atoms with van der Waals surface area (Å²) in [5.41, 5.74) is 2.81. The van der Waals surface area contributed by atoms with Crippen molar-refractivity contribution in [3.05, 3.63) is 59.2 Å². The molecule has 0 unspecified atom stereocenters. The van der Waals surface area contributed by atoms with Gasteiger partial charge in [-0.2, -0.15) is 0 Å². The first-order valence-electron chi connectivity index (χ1n) is 14.0. The largest absolute Gasteiger partial charge is 0.508 e. The summed E-state index contributed by atoms with van der Waals surface area (Å²) in [7, 11) is 0. The van der Waals surface area contributed by atoms with Crippen LogP contribution in [0.1, 0.15) is 68.2 Å². The van der Waals surface area contributed by atoms with Gasteiger partial charge in [-0.05, 0) is 74.0 Å². The van der Waals surface area contributed by atoms with Crippen LogP contribution in [0.5, 0.6) is 5.75 Å². The number of aliphatic hydroxyl groups is 2. The van der Waals surface area contributed by atoms with Crippen molar-refractivity contribution in [2.24, 2.45) is 0 Å². The zero-order valence-electron chi connectivity index (χ0n) is 23.7. The molecular formula is C30H43N3O8. The molecule has 0 spiro atoms. The number of benzene rings is 2. The number of phenols is 1. The van der Waals surface area contributed by atoms with Crippen LogP contribution in [0, 0.1) is 0 Å². The Balaban J connectivity index is 0.00000138. The van der Waals surface area contributed by atoms with Crippen LogP contribution in [0.25, 0.3) is 0 Å². The van der Waals surface area contributed by atoms with Crippen molar-refractivity contribution < 1.29 is 39.5 Å². The SMILES string of the molecule is CC(=O)O.O=C1CNC(=O)N1c1cccc(CCCCOCCCCCCNC[C@H](O)c2ccc(O)c(CO)c2)c1. The number of carboxylic acid groups (broad SMARTS) is 1. The zero-order chi connectivity index (χ0) is 30.0. The van der Waals surface area contributed by atoms with E-state index in [1.54, 1.807) is 18.2 Å². The number of anilines is 1. The number of carboxylic acids is 1. The number of imide groups is 1. The number of nitrogens with one attached hydrogen (secondary N) is 2. The molecule has 3 rings (SSSR count). The van der Waals surface area contributed by atoms with Gasteiger partial charge in [-0.15, -0.1) is 0 Å². The number of aryl methyl sites for hydroxylation is 1. The standard InChI is InChI=1S/C28H39N3O6.C2H4O2/c32-20-23-17-22(11-12-25(23)33)26(34)18-29-13-4-1-2-5-14-37-15-6-3-8-21-9-7-10-24(16-21)31-27(35)19-30-28(31)36;1-2(3)4/h7,9-12,16-17,26,29,32-34H,1-6,8,13-15,18-20H2,(H,30,36);1H3,(H,3,4)/t26-;/m0./s1. The van der Waals surface area contributed by atoms with Gasteiger partial charge in [0.05, 0.1) is 24.9 Å². The molecule has 1 aliphatic heterocycles. The average molecular weight is 574 g/mol. The maximum absolute atomic E-state index is 11.9. The fraction of sp³-hybridized carbons (Fsp3) is 0.500. The number of carbonyl (C=O) groups is 3. The first kappa shape index (κ1) is 33.7. The number of carbonyl (C=O) groups excluding carboxylic acids is 2. The number of amides is 3. The highest BCUT2D eigenvalue weighted by atomic mass is 16.5. The number of aromatic hydroxyl groups is 1. The molecule has 226 valence electrons. The Morgan fingerprint density at radius 1 is 1.05 bits per heavy atom. The first-order valence-corrected chi connectivity index (χ1v) is 14.0. The molecule has 2 aromatic rings. The molecule has 1 fully saturated rings. The Kier molecular flexibility index (Phi) is 15.4. The summed E-state index contributed by atoms with van der Waals surface area (Å²) in [5.74, 6) is -1.03. The quantitative estimate of drug-likeness (QED) is 0.123. The normalized spacial score (nSPS) is 13.5. The summed E-state index contributed by atoms with van der Waals surface area (Å²) in [6.45, 7) is 3.60. The number of nitrogens with zero attached hydrogens (tertiary/aromatic N) is 1. The average Bonchev–Trinajstić information content (AvgIpc) is 3.28. The Morgan fingerprint density at radius 3 is 2.44 bits per heavy atom. The minimum Gasteiger partial charge on any atom is -0.508 e. The van der Waals surface area contributed by atoms with Crippen molar-refractivity contribution in [1.29, 1.82) is 0 Å². The smallest absolute Gasteiger partial charge is 0.329 e. The second-order valence-electron chi connectivity index (χ2n) is 9.83. The monoisotopic (exact) mass is 573 g/mol. The number of aliphatic hydroxyl groups excluding tert-OH is 2. The van der Waals surface area contributed by atoms with Gasteiger partial charge in [-0.3, -0.25) is 9.59 Å². The van der Waals surface area contributed by atoms with E-state index in [2.05, 4.69) is 10.6 Å². The van der Waals surface area contributed by atoms with E-state index >= 15 is 0 Å². The van der Waals surface area contributed by atoms with E-state index in [0.29, 0.717) is 23.4 Å². The predicted molar refractivity (Wildman–Crippen MR) is 155 cm³/mol. The summed E-state index contributed by atoms with van der Waals surface area (Å²) >= 11 is 0. The van der Waals surface area contributed by atoms with Crippen molar-refractivity contribution in [3.63, 3.8) is 0 Å². The van der Waals surface area contributed by atoms with Gasteiger partial charge in [0.1, 0.15) is 5.75 Å². The molecule has 0 aliphatic carbocycles. The van der Waals surface area contributed by atoms with Crippen LogP contribution >= 0.6 is 0 Å². The van der Waals surface area contributed by atoms with Gasteiger partial charge in [-0.1, -0.05) is 31.0 Å². The lowest BCUT2D eigenvalue weighted by Crippen LogP contribution is -2.30. The predicted octanol–water partition coefficient (Wildman–Crippen LogP) is 3.25. The zero-order valence-corrected chi connectivity index (χ0v) is 23.7. The number of aliphatic carboxylic acids is 1. The molecule has 11 heteroatoms. The van der Waals surface area contributed by atoms with Crippen molar-refractivity contribution in [2.45, 2.75) is 64.6 Å².